The van der Waals surface area contributed by atoms with Crippen LogP contribution in [0.2, 0.25) is 5.02 Å². The molecule has 0 bridgehead atoms. The Morgan fingerprint density at radius 3 is 2.38 bits per heavy atom. The quantitative estimate of drug-likeness (QED) is 0.826. The van der Waals surface area contributed by atoms with Gasteiger partial charge in [-0.15, -0.1) is 0 Å². The average molecular weight is 400 g/mol. The van der Waals surface area contributed by atoms with Gasteiger partial charge >= 0.3 is 0 Å². The van der Waals surface area contributed by atoms with Crippen molar-refractivity contribution in [1.29, 1.82) is 0 Å². The largest absolute Gasteiger partial charge is 0.352 e. The number of carbonyl (C=O) groups excluding carboxylic acids is 1. The van der Waals surface area contributed by atoms with Crippen molar-refractivity contribution in [3.63, 3.8) is 0 Å². The van der Waals surface area contributed by atoms with Crippen LogP contribution in [0.5, 0.6) is 0 Å². The first-order chi connectivity index (χ1) is 12.5. The number of nitrogens with one attached hydrogen (secondary N) is 1. The van der Waals surface area contributed by atoms with Crippen LogP contribution in [-0.2, 0) is 21.5 Å². The van der Waals surface area contributed by atoms with E-state index in [1.165, 1.54) is 4.31 Å². The second kappa shape index (κ2) is 8.69. The lowest BCUT2D eigenvalue weighted by Gasteiger charge is -2.36. The van der Waals surface area contributed by atoms with Crippen molar-refractivity contribution in [2.45, 2.75) is 38.6 Å². The summed E-state index contributed by atoms with van der Waals surface area (Å²) in [6.45, 7) is 2.37. The lowest BCUT2D eigenvalue weighted by Crippen LogP contribution is -2.51. The third-order valence-electron chi connectivity index (χ3n) is 5.10. The van der Waals surface area contributed by atoms with Gasteiger partial charge in [-0.3, -0.25) is 4.79 Å². The molecule has 2 saturated heterocycles. The summed E-state index contributed by atoms with van der Waals surface area (Å²) in [5.41, 5.74) is 0.969. The van der Waals surface area contributed by atoms with E-state index in [0.29, 0.717) is 37.6 Å². The van der Waals surface area contributed by atoms with Crippen LogP contribution in [0.1, 0.15) is 37.7 Å². The van der Waals surface area contributed by atoms with Crippen LogP contribution < -0.4 is 5.32 Å². The highest BCUT2D eigenvalue weighted by atomic mass is 35.5. The molecule has 0 spiro atoms. The van der Waals surface area contributed by atoms with Crippen molar-refractivity contribution < 1.29 is 13.2 Å². The Hall–Kier alpha value is -1.15. The van der Waals surface area contributed by atoms with Crippen molar-refractivity contribution in [1.82, 2.24) is 13.9 Å². The van der Waals surface area contributed by atoms with Crippen molar-refractivity contribution >= 4 is 27.7 Å². The normalized spacial score (nSPS) is 22.9. The van der Waals surface area contributed by atoms with Crippen LogP contribution in [0.4, 0.5) is 0 Å². The molecule has 2 aliphatic rings. The molecule has 2 heterocycles. The standard InChI is InChI=1S/C18H26ClN3O3S/c19-17-8-6-15(7-9-17)13-20-18(23)16-5-4-12-22(14-16)26(24,25)21-10-2-1-3-11-21/h6-9,16H,1-5,10-14H2,(H,20,23)/t16-/m0/s1. The Kier molecular flexibility index (Phi) is 6.55. The second-order valence-corrected chi connectivity index (χ2v) is 9.37. The molecule has 3 rings (SSSR count). The summed E-state index contributed by atoms with van der Waals surface area (Å²) in [7, 11) is -3.45. The topological polar surface area (TPSA) is 69.7 Å². The van der Waals surface area contributed by atoms with Crippen molar-refractivity contribution in [2.75, 3.05) is 26.2 Å². The Morgan fingerprint density at radius 1 is 1.04 bits per heavy atom. The molecular weight excluding hydrogens is 374 g/mol. The van der Waals surface area contributed by atoms with Crippen LogP contribution in [0.15, 0.2) is 24.3 Å². The van der Waals surface area contributed by atoms with E-state index >= 15 is 0 Å². The van der Waals surface area contributed by atoms with Crippen LogP contribution >= 0.6 is 11.6 Å². The molecule has 1 aromatic carbocycles. The van der Waals surface area contributed by atoms with Crippen molar-refractivity contribution in [3.8, 4) is 0 Å². The molecule has 0 unspecified atom stereocenters. The fourth-order valence-corrected chi connectivity index (χ4v) is 5.46. The zero-order valence-electron chi connectivity index (χ0n) is 14.9. The van der Waals surface area contributed by atoms with Crippen LogP contribution in [-0.4, -0.2) is 49.1 Å². The lowest BCUT2D eigenvalue weighted by atomic mass is 9.99. The molecule has 0 radical (unpaired) electrons. The van der Waals surface area contributed by atoms with Crippen LogP contribution in [0.25, 0.3) is 0 Å². The van der Waals surface area contributed by atoms with E-state index in [1.807, 2.05) is 12.1 Å². The molecule has 1 N–H and O–H groups in total. The molecule has 1 aromatic rings. The molecule has 2 aliphatic heterocycles. The molecule has 8 heteroatoms. The number of halogens is 1. The Bertz CT molecular complexity index is 718. The van der Waals surface area contributed by atoms with Gasteiger partial charge in [-0.05, 0) is 43.4 Å². The summed E-state index contributed by atoms with van der Waals surface area (Å²) < 4.78 is 28.7. The number of amides is 1. The minimum atomic E-state index is -3.45. The molecule has 1 atom stereocenters. The minimum Gasteiger partial charge on any atom is -0.352 e. The maximum absolute atomic E-state index is 12.8. The Labute approximate surface area is 160 Å². The average Bonchev–Trinajstić information content (AvgIpc) is 2.68. The summed E-state index contributed by atoms with van der Waals surface area (Å²) in [6.07, 6.45) is 4.35. The highest BCUT2D eigenvalue weighted by Gasteiger charge is 2.36. The molecule has 0 aromatic heterocycles. The molecule has 0 saturated carbocycles. The molecule has 26 heavy (non-hydrogen) atoms. The van der Waals surface area contributed by atoms with E-state index in [-0.39, 0.29) is 18.4 Å². The summed E-state index contributed by atoms with van der Waals surface area (Å²) in [5.74, 6) is -0.380. The zero-order chi connectivity index (χ0) is 18.6. The van der Waals surface area contributed by atoms with Crippen molar-refractivity contribution in [2.24, 2.45) is 5.92 Å². The smallest absolute Gasteiger partial charge is 0.281 e. The van der Waals surface area contributed by atoms with Gasteiger partial charge in [0.25, 0.3) is 10.2 Å². The Balaban J connectivity index is 1.56. The van der Waals surface area contributed by atoms with E-state index in [0.717, 1.165) is 31.2 Å². The minimum absolute atomic E-state index is 0.0847. The zero-order valence-corrected chi connectivity index (χ0v) is 16.4. The fraction of sp³-hybridized carbons (Fsp3) is 0.611. The van der Waals surface area contributed by atoms with Gasteiger partial charge in [-0.25, -0.2) is 0 Å². The first kappa shape index (κ1) is 19.6. The second-order valence-electron chi connectivity index (χ2n) is 7.01. The van der Waals surface area contributed by atoms with E-state index in [9.17, 15) is 13.2 Å². The van der Waals surface area contributed by atoms with Gasteiger partial charge in [-0.2, -0.15) is 17.0 Å². The number of hydrogen-bond donors (Lipinski definition) is 1. The lowest BCUT2D eigenvalue weighted by molar-refractivity contribution is -0.126. The molecule has 2 fully saturated rings. The van der Waals surface area contributed by atoms with Gasteiger partial charge < -0.3 is 5.32 Å². The third kappa shape index (κ3) is 4.76. The van der Waals surface area contributed by atoms with Gasteiger partial charge in [0.15, 0.2) is 0 Å². The van der Waals surface area contributed by atoms with Gasteiger partial charge in [-0.1, -0.05) is 30.2 Å². The van der Waals surface area contributed by atoms with E-state index < -0.39 is 10.2 Å². The van der Waals surface area contributed by atoms with Gasteiger partial charge in [0.05, 0.1) is 5.92 Å². The Morgan fingerprint density at radius 2 is 1.69 bits per heavy atom. The number of piperidine rings is 2. The number of benzene rings is 1. The summed E-state index contributed by atoms with van der Waals surface area (Å²) in [4.78, 5) is 12.5. The van der Waals surface area contributed by atoms with Crippen molar-refractivity contribution in [3.05, 3.63) is 34.9 Å². The molecule has 1 amide bonds. The van der Waals surface area contributed by atoms with Gasteiger partial charge in [0.2, 0.25) is 5.91 Å². The predicted octanol–water partition coefficient (Wildman–Crippen LogP) is 2.40. The van der Waals surface area contributed by atoms with E-state index in [2.05, 4.69) is 5.32 Å². The first-order valence-corrected chi connectivity index (χ1v) is 11.0. The number of rotatable bonds is 5. The summed E-state index contributed by atoms with van der Waals surface area (Å²) in [6, 6.07) is 7.32. The number of hydrogen-bond acceptors (Lipinski definition) is 3. The number of carbonyl (C=O) groups is 1. The fourth-order valence-electron chi connectivity index (χ4n) is 3.56. The highest BCUT2D eigenvalue weighted by Crippen LogP contribution is 2.23. The highest BCUT2D eigenvalue weighted by molar-refractivity contribution is 7.86. The monoisotopic (exact) mass is 399 g/mol. The summed E-state index contributed by atoms with van der Waals surface area (Å²) in [5, 5.41) is 3.58. The molecular formula is C18H26ClN3O3S. The molecule has 144 valence electrons. The third-order valence-corrected chi connectivity index (χ3v) is 7.36. The van der Waals surface area contributed by atoms with Gasteiger partial charge in [0, 0.05) is 37.7 Å². The maximum atomic E-state index is 12.8. The van der Waals surface area contributed by atoms with E-state index in [4.69, 9.17) is 11.6 Å². The maximum Gasteiger partial charge on any atom is 0.281 e. The van der Waals surface area contributed by atoms with Crippen LogP contribution in [0, 0.1) is 5.92 Å². The molecule has 6 nitrogen and oxygen atoms in total. The number of nitrogens with zero attached hydrogens (tertiary/aromatic N) is 2. The summed E-state index contributed by atoms with van der Waals surface area (Å²) >= 11 is 5.87. The van der Waals surface area contributed by atoms with Gasteiger partial charge in [0.1, 0.15) is 0 Å². The SMILES string of the molecule is O=C(NCc1ccc(Cl)cc1)[C@H]1CCCN(S(=O)(=O)N2CCCCC2)C1. The van der Waals surface area contributed by atoms with Crippen LogP contribution in [0.3, 0.4) is 0 Å². The molecule has 0 aliphatic carbocycles. The van der Waals surface area contributed by atoms with E-state index in [1.54, 1.807) is 16.4 Å². The first-order valence-electron chi connectivity index (χ1n) is 9.24. The predicted molar refractivity (Wildman–Crippen MR) is 102 cm³/mol.